The lowest BCUT2D eigenvalue weighted by Gasteiger charge is -2.09. The number of aromatic nitrogens is 2. The Morgan fingerprint density at radius 3 is 3.15 bits per heavy atom. The first-order chi connectivity index (χ1) is 9.65. The standard InChI is InChI=1S/C12H19N5O3/c18-12(14-5-2-10-1-4-13-7-10)3-6-16-9-11(8-15-16)17(19)20/h8-10,13H,1-7H2,(H,14,18). The van der Waals surface area contributed by atoms with Crippen LogP contribution in [0.3, 0.4) is 0 Å². The normalized spacial score (nSPS) is 18.1. The highest BCUT2D eigenvalue weighted by Gasteiger charge is 2.14. The lowest BCUT2D eigenvalue weighted by molar-refractivity contribution is -0.385. The van der Waals surface area contributed by atoms with Gasteiger partial charge in [0.15, 0.2) is 0 Å². The minimum Gasteiger partial charge on any atom is -0.356 e. The number of rotatable bonds is 7. The third-order valence-corrected chi connectivity index (χ3v) is 3.44. The van der Waals surface area contributed by atoms with Crippen LogP contribution in [0.15, 0.2) is 12.4 Å². The van der Waals surface area contributed by atoms with Crippen molar-refractivity contribution in [1.29, 1.82) is 0 Å². The molecule has 0 radical (unpaired) electrons. The van der Waals surface area contributed by atoms with Crippen LogP contribution in [0.25, 0.3) is 0 Å². The van der Waals surface area contributed by atoms with Crippen LogP contribution in [0.5, 0.6) is 0 Å². The minimum absolute atomic E-state index is 0.0471. The van der Waals surface area contributed by atoms with Gasteiger partial charge in [-0.3, -0.25) is 19.6 Å². The second-order valence-electron chi connectivity index (χ2n) is 4.97. The molecule has 110 valence electrons. The van der Waals surface area contributed by atoms with E-state index in [9.17, 15) is 14.9 Å². The van der Waals surface area contributed by atoms with Crippen molar-refractivity contribution in [3.63, 3.8) is 0 Å². The number of carbonyl (C=O) groups is 1. The van der Waals surface area contributed by atoms with Crippen LogP contribution in [0.2, 0.25) is 0 Å². The van der Waals surface area contributed by atoms with Gasteiger partial charge in [-0.2, -0.15) is 5.10 Å². The minimum atomic E-state index is -0.501. The predicted octanol–water partition coefficient (Wildman–Crippen LogP) is 0.297. The average Bonchev–Trinajstić information content (AvgIpc) is 3.07. The Kier molecular flexibility index (Phi) is 5.05. The highest BCUT2D eigenvalue weighted by molar-refractivity contribution is 5.75. The molecule has 1 fully saturated rings. The van der Waals surface area contributed by atoms with E-state index >= 15 is 0 Å². The average molecular weight is 281 g/mol. The summed E-state index contributed by atoms with van der Waals surface area (Å²) >= 11 is 0. The largest absolute Gasteiger partial charge is 0.356 e. The van der Waals surface area contributed by atoms with Gasteiger partial charge in [0.05, 0.1) is 4.92 Å². The quantitative estimate of drug-likeness (QED) is 0.552. The zero-order valence-corrected chi connectivity index (χ0v) is 11.2. The summed E-state index contributed by atoms with van der Waals surface area (Å²) < 4.78 is 1.42. The summed E-state index contributed by atoms with van der Waals surface area (Å²) in [6.45, 7) is 3.14. The first-order valence-corrected chi connectivity index (χ1v) is 6.79. The molecule has 2 rings (SSSR count). The third-order valence-electron chi connectivity index (χ3n) is 3.44. The number of carbonyl (C=O) groups excluding carboxylic acids is 1. The summed E-state index contributed by atoms with van der Waals surface area (Å²) in [6.07, 6.45) is 4.96. The zero-order chi connectivity index (χ0) is 14.4. The van der Waals surface area contributed by atoms with Crippen LogP contribution in [-0.4, -0.2) is 40.2 Å². The fourth-order valence-electron chi connectivity index (χ4n) is 2.25. The van der Waals surface area contributed by atoms with Gasteiger partial charge >= 0.3 is 5.69 Å². The molecule has 8 heteroatoms. The van der Waals surface area contributed by atoms with Gasteiger partial charge in [-0.05, 0) is 31.8 Å². The molecule has 0 aromatic carbocycles. The molecule has 0 bridgehead atoms. The predicted molar refractivity (Wildman–Crippen MR) is 72.1 cm³/mol. The van der Waals surface area contributed by atoms with Crippen molar-refractivity contribution in [3.8, 4) is 0 Å². The Hall–Kier alpha value is -1.96. The molecule has 1 saturated heterocycles. The van der Waals surface area contributed by atoms with E-state index in [2.05, 4.69) is 15.7 Å². The van der Waals surface area contributed by atoms with Crippen molar-refractivity contribution in [2.24, 2.45) is 5.92 Å². The first kappa shape index (κ1) is 14.4. The molecule has 0 aliphatic carbocycles. The van der Waals surface area contributed by atoms with Crippen LogP contribution in [0.4, 0.5) is 5.69 Å². The van der Waals surface area contributed by atoms with Crippen LogP contribution >= 0.6 is 0 Å². The Labute approximate surface area is 116 Å². The Morgan fingerprint density at radius 1 is 1.65 bits per heavy atom. The van der Waals surface area contributed by atoms with E-state index in [1.54, 1.807) is 0 Å². The highest BCUT2D eigenvalue weighted by Crippen LogP contribution is 2.11. The maximum absolute atomic E-state index is 11.6. The van der Waals surface area contributed by atoms with E-state index in [0.717, 1.165) is 19.5 Å². The molecular weight excluding hydrogens is 262 g/mol. The fraction of sp³-hybridized carbons (Fsp3) is 0.667. The molecule has 0 saturated carbocycles. The molecular formula is C12H19N5O3. The van der Waals surface area contributed by atoms with Crippen LogP contribution < -0.4 is 10.6 Å². The SMILES string of the molecule is O=C(CCn1cc([N+](=O)[O-])cn1)NCCC1CCNC1. The molecule has 2 N–H and O–H groups in total. The second kappa shape index (κ2) is 6.99. The summed E-state index contributed by atoms with van der Waals surface area (Å²) in [7, 11) is 0. The number of nitro groups is 1. The van der Waals surface area contributed by atoms with Crippen molar-refractivity contribution < 1.29 is 9.72 Å². The molecule has 20 heavy (non-hydrogen) atoms. The van der Waals surface area contributed by atoms with E-state index in [0.29, 0.717) is 19.0 Å². The van der Waals surface area contributed by atoms with Crippen molar-refractivity contribution in [2.45, 2.75) is 25.8 Å². The number of nitrogens with zero attached hydrogens (tertiary/aromatic N) is 3. The van der Waals surface area contributed by atoms with Crippen molar-refractivity contribution in [3.05, 3.63) is 22.5 Å². The molecule has 1 aliphatic rings. The Morgan fingerprint density at radius 2 is 2.50 bits per heavy atom. The molecule has 0 spiro atoms. The van der Waals surface area contributed by atoms with Gasteiger partial charge in [0, 0.05) is 19.5 Å². The van der Waals surface area contributed by atoms with Gasteiger partial charge in [-0.25, -0.2) is 0 Å². The Balaban J connectivity index is 1.62. The molecule has 1 aromatic heterocycles. The topological polar surface area (TPSA) is 102 Å². The summed E-state index contributed by atoms with van der Waals surface area (Å²) in [5.41, 5.74) is -0.0564. The number of hydrogen-bond acceptors (Lipinski definition) is 5. The lowest BCUT2D eigenvalue weighted by Crippen LogP contribution is -2.27. The van der Waals surface area contributed by atoms with Gasteiger partial charge in [-0.15, -0.1) is 0 Å². The second-order valence-corrected chi connectivity index (χ2v) is 4.97. The van der Waals surface area contributed by atoms with E-state index in [-0.39, 0.29) is 18.0 Å². The fourth-order valence-corrected chi connectivity index (χ4v) is 2.25. The van der Waals surface area contributed by atoms with Crippen LogP contribution in [0, 0.1) is 16.0 Å². The molecule has 1 atom stereocenters. The maximum Gasteiger partial charge on any atom is 0.306 e. The van der Waals surface area contributed by atoms with Crippen LogP contribution in [0.1, 0.15) is 19.3 Å². The highest BCUT2D eigenvalue weighted by atomic mass is 16.6. The molecule has 1 aromatic rings. The van der Waals surface area contributed by atoms with Gasteiger partial charge < -0.3 is 10.6 Å². The maximum atomic E-state index is 11.6. The monoisotopic (exact) mass is 281 g/mol. The number of aryl methyl sites for hydroxylation is 1. The van der Waals surface area contributed by atoms with Gasteiger partial charge in [-0.1, -0.05) is 0 Å². The van der Waals surface area contributed by atoms with E-state index in [1.165, 1.54) is 23.5 Å². The number of hydrogen-bond donors (Lipinski definition) is 2. The van der Waals surface area contributed by atoms with Crippen molar-refractivity contribution in [1.82, 2.24) is 20.4 Å². The van der Waals surface area contributed by atoms with E-state index < -0.39 is 4.92 Å². The summed E-state index contributed by atoms with van der Waals surface area (Å²) in [4.78, 5) is 21.6. The summed E-state index contributed by atoms with van der Waals surface area (Å²) in [5, 5.41) is 20.5. The molecule has 8 nitrogen and oxygen atoms in total. The third kappa shape index (κ3) is 4.30. The van der Waals surface area contributed by atoms with Gasteiger partial charge in [0.1, 0.15) is 12.4 Å². The first-order valence-electron chi connectivity index (χ1n) is 6.79. The molecule has 2 heterocycles. The summed E-state index contributed by atoms with van der Waals surface area (Å²) in [6, 6.07) is 0. The molecule has 1 amide bonds. The Bertz CT molecular complexity index is 467. The van der Waals surface area contributed by atoms with Crippen molar-refractivity contribution >= 4 is 11.6 Å². The molecule has 1 aliphatic heterocycles. The summed E-state index contributed by atoms with van der Waals surface area (Å²) in [5.74, 6) is 0.609. The lowest BCUT2D eigenvalue weighted by atomic mass is 10.1. The van der Waals surface area contributed by atoms with E-state index in [1.807, 2.05) is 0 Å². The van der Waals surface area contributed by atoms with Crippen LogP contribution in [-0.2, 0) is 11.3 Å². The number of nitrogens with one attached hydrogen (secondary N) is 2. The smallest absolute Gasteiger partial charge is 0.306 e. The van der Waals surface area contributed by atoms with E-state index in [4.69, 9.17) is 0 Å². The zero-order valence-electron chi connectivity index (χ0n) is 11.2. The number of amides is 1. The molecule has 1 unspecified atom stereocenters. The van der Waals surface area contributed by atoms with Gasteiger partial charge in [0.25, 0.3) is 0 Å². The van der Waals surface area contributed by atoms with Gasteiger partial charge in [0.2, 0.25) is 5.91 Å². The van der Waals surface area contributed by atoms with Crippen molar-refractivity contribution in [2.75, 3.05) is 19.6 Å².